The van der Waals surface area contributed by atoms with Gasteiger partial charge < -0.3 is 0 Å². The zero-order valence-electron chi connectivity index (χ0n) is 28.2. The normalized spacial score (nSPS) is 15.0. The fourth-order valence-corrected chi connectivity index (χ4v) is 14.5. The Morgan fingerprint density at radius 2 is 1.43 bits per heavy atom. The fraction of sp³-hybridized carbons (Fsp3) is 0.190. The first-order valence-corrected chi connectivity index (χ1v) is 28.8. The average molecular weight is 765 g/mol. The van der Waals surface area contributed by atoms with Crippen LogP contribution in [0.15, 0.2) is 121 Å². The summed E-state index contributed by atoms with van der Waals surface area (Å²) in [5.41, 5.74) is 9.43. The first-order valence-electron chi connectivity index (χ1n) is 16.4. The number of hydrogen-bond acceptors (Lipinski definition) is 0. The molecule has 0 N–H and O–H groups in total. The van der Waals surface area contributed by atoms with Crippen LogP contribution in [0.5, 0.6) is 0 Å². The van der Waals surface area contributed by atoms with E-state index in [1.54, 1.807) is 21.1 Å². The van der Waals surface area contributed by atoms with E-state index in [9.17, 15) is 0 Å². The molecule has 47 heavy (non-hydrogen) atoms. The number of rotatable bonds is 4. The Hall–Kier alpha value is -2.52. The monoisotopic (exact) mass is 762 g/mol. The third-order valence-electron chi connectivity index (χ3n) is 10.3. The van der Waals surface area contributed by atoms with Crippen LogP contribution in [-0.2, 0) is 27.3 Å². The summed E-state index contributed by atoms with van der Waals surface area (Å²) in [6.45, 7) is 14.5. The SMILES string of the molecule is CC1=Cc2cccc([Si](C)(C)C3C=Cc4ccccc43)c2C1.Cc1cc2cccc([Si](C)(C)[c-]3ccc4ccccc43)c2[cH-]1.[Cl][Zr][Cl]. The van der Waals surface area contributed by atoms with E-state index >= 15 is 0 Å². The van der Waals surface area contributed by atoms with Gasteiger partial charge in [0.2, 0.25) is 0 Å². The molecule has 0 saturated carbocycles. The van der Waals surface area contributed by atoms with Crippen LogP contribution in [0.25, 0.3) is 33.7 Å². The van der Waals surface area contributed by atoms with Crippen molar-refractivity contribution in [1.29, 1.82) is 0 Å². The van der Waals surface area contributed by atoms with E-state index in [0.717, 1.165) is 6.42 Å². The van der Waals surface area contributed by atoms with Gasteiger partial charge in [0.25, 0.3) is 0 Å². The predicted octanol–water partition coefficient (Wildman–Crippen LogP) is 10.8. The fourth-order valence-electron chi connectivity index (χ4n) is 7.95. The molecule has 0 saturated heterocycles. The molecule has 0 aliphatic heterocycles. The van der Waals surface area contributed by atoms with Crippen molar-refractivity contribution in [2.45, 2.75) is 52.0 Å². The quantitative estimate of drug-likeness (QED) is 0.124. The van der Waals surface area contributed by atoms with Crippen molar-refractivity contribution >= 4 is 82.4 Å². The average Bonchev–Trinajstić information content (AvgIpc) is 3.84. The van der Waals surface area contributed by atoms with Gasteiger partial charge >= 0.3 is 37.9 Å². The molecule has 0 radical (unpaired) electrons. The van der Waals surface area contributed by atoms with Gasteiger partial charge in [-0.3, -0.25) is 0 Å². The first kappa shape index (κ1) is 34.3. The number of fused-ring (bicyclic) bond motifs is 4. The Morgan fingerprint density at radius 1 is 0.766 bits per heavy atom. The van der Waals surface area contributed by atoms with E-state index < -0.39 is 37.0 Å². The maximum atomic E-state index is 4.93. The molecular formula is C42H42Cl2Si2Zr-2. The van der Waals surface area contributed by atoms with E-state index in [1.807, 2.05) is 0 Å². The molecule has 2 aliphatic rings. The molecule has 1 atom stereocenters. The molecule has 2 aliphatic carbocycles. The van der Waals surface area contributed by atoms with Crippen LogP contribution in [0.2, 0.25) is 26.2 Å². The third-order valence-corrected chi connectivity index (χ3v) is 17.7. The van der Waals surface area contributed by atoms with Crippen molar-refractivity contribution in [3.05, 3.63) is 149 Å². The first-order chi connectivity index (χ1) is 22.6. The molecule has 6 aromatic rings. The minimum atomic E-state index is -1.72. The van der Waals surface area contributed by atoms with Gasteiger partial charge in [-0.15, -0.1) is 73.9 Å². The van der Waals surface area contributed by atoms with Gasteiger partial charge in [-0.1, -0.05) is 117 Å². The van der Waals surface area contributed by atoms with Crippen molar-refractivity contribution in [2.24, 2.45) is 0 Å². The van der Waals surface area contributed by atoms with Crippen LogP contribution in [-0.4, -0.2) is 16.1 Å². The van der Waals surface area contributed by atoms with Crippen molar-refractivity contribution < 1.29 is 20.8 Å². The number of aryl methyl sites for hydroxylation is 1. The van der Waals surface area contributed by atoms with Crippen LogP contribution in [0.1, 0.15) is 40.3 Å². The molecule has 0 heterocycles. The molecule has 6 aromatic carbocycles. The molecule has 0 aromatic heterocycles. The molecule has 1 unspecified atom stereocenters. The van der Waals surface area contributed by atoms with E-state index in [-0.39, 0.29) is 0 Å². The Balaban J connectivity index is 0.000000152. The van der Waals surface area contributed by atoms with E-state index in [4.69, 9.17) is 17.0 Å². The van der Waals surface area contributed by atoms with E-state index in [0.29, 0.717) is 5.54 Å². The Kier molecular flexibility index (Phi) is 10.3. The predicted molar refractivity (Wildman–Crippen MR) is 211 cm³/mol. The van der Waals surface area contributed by atoms with Gasteiger partial charge in [0.15, 0.2) is 0 Å². The number of allylic oxidation sites excluding steroid dienone is 2. The van der Waals surface area contributed by atoms with Crippen molar-refractivity contribution in [1.82, 2.24) is 0 Å². The van der Waals surface area contributed by atoms with Crippen LogP contribution in [0, 0.1) is 6.92 Å². The molecular weight excluding hydrogens is 723 g/mol. The summed E-state index contributed by atoms with van der Waals surface area (Å²) in [5, 5.41) is 10.4. The molecule has 238 valence electrons. The second-order valence-corrected chi connectivity index (χ2v) is 26.8. The van der Waals surface area contributed by atoms with Crippen molar-refractivity contribution in [2.75, 3.05) is 0 Å². The van der Waals surface area contributed by atoms with Crippen molar-refractivity contribution in [3.63, 3.8) is 0 Å². The Labute approximate surface area is 301 Å². The summed E-state index contributed by atoms with van der Waals surface area (Å²) in [4.78, 5) is 0. The Bertz CT molecular complexity index is 2110. The van der Waals surface area contributed by atoms with Gasteiger partial charge in [-0.2, -0.15) is 18.2 Å². The van der Waals surface area contributed by atoms with Crippen LogP contribution >= 0.6 is 17.0 Å². The van der Waals surface area contributed by atoms with Crippen LogP contribution in [0.4, 0.5) is 0 Å². The molecule has 0 bridgehead atoms. The summed E-state index contributed by atoms with van der Waals surface area (Å²) in [6, 6.07) is 40.7. The van der Waals surface area contributed by atoms with Gasteiger partial charge in [0, 0.05) is 13.6 Å². The second kappa shape index (κ2) is 14.1. The summed E-state index contributed by atoms with van der Waals surface area (Å²) < 4.78 is 0. The number of halogens is 2. The van der Waals surface area contributed by atoms with Gasteiger partial charge in [0.1, 0.15) is 0 Å². The molecule has 0 fully saturated rings. The van der Waals surface area contributed by atoms with Gasteiger partial charge in [0.05, 0.1) is 8.07 Å². The molecule has 0 amide bonds. The van der Waals surface area contributed by atoms with E-state index in [2.05, 4.69) is 167 Å². The third kappa shape index (κ3) is 6.72. The topological polar surface area (TPSA) is 0 Å². The minimum absolute atomic E-state index is 0.594. The standard InChI is InChI=1S/C21H22Si.C21H20Si.2ClH.Zr/c2*1-15-13-17-8-6-10-20(19(17)14-15)22(2,3)21-12-11-16-7-4-5-9-18(16)21;;;/h4-13,21H,14H2,1-3H3;4-14H,1-3H3;2*1H;/q;-2;;;+2/p-2. The van der Waals surface area contributed by atoms with E-state index in [1.165, 1.54) is 49.4 Å². The maximum absolute atomic E-state index is 4.93. The number of hydrogen-bond donors (Lipinski definition) is 0. The zero-order chi connectivity index (χ0) is 33.3. The summed E-state index contributed by atoms with van der Waals surface area (Å²) in [5.74, 6) is 0. The summed E-state index contributed by atoms with van der Waals surface area (Å²) in [6.07, 6.45) is 8.27. The van der Waals surface area contributed by atoms with Crippen LogP contribution in [0.3, 0.4) is 0 Å². The molecule has 0 nitrogen and oxygen atoms in total. The molecule has 0 spiro atoms. The molecule has 5 heteroatoms. The van der Waals surface area contributed by atoms with Gasteiger partial charge in [-0.05, 0) is 35.6 Å². The zero-order valence-corrected chi connectivity index (χ0v) is 34.1. The van der Waals surface area contributed by atoms with Crippen LogP contribution < -0.4 is 15.6 Å². The second-order valence-electron chi connectivity index (χ2n) is 14.1. The molecule has 8 rings (SSSR count). The summed E-state index contributed by atoms with van der Waals surface area (Å²) in [7, 11) is 6.54. The van der Waals surface area contributed by atoms with Gasteiger partial charge in [-0.25, -0.2) is 0 Å². The number of benzene rings is 4. The van der Waals surface area contributed by atoms with Crippen molar-refractivity contribution in [3.8, 4) is 0 Å². The Morgan fingerprint density at radius 3 is 2.23 bits per heavy atom. The summed E-state index contributed by atoms with van der Waals surface area (Å²) >= 11 is -0.826.